The predicted octanol–water partition coefficient (Wildman–Crippen LogP) is 11.1. The van der Waals surface area contributed by atoms with Crippen LogP contribution >= 0.6 is 0 Å². The highest BCUT2D eigenvalue weighted by Crippen LogP contribution is 2.43. The molecule has 7 rings (SSSR count). The Labute approximate surface area is 239 Å². The summed E-state index contributed by atoms with van der Waals surface area (Å²) in [7, 11) is 0. The summed E-state index contributed by atoms with van der Waals surface area (Å²) in [6.45, 7) is 0. The van der Waals surface area contributed by atoms with Crippen molar-refractivity contribution < 1.29 is 4.39 Å². The van der Waals surface area contributed by atoms with E-state index in [1.54, 1.807) is 0 Å². The van der Waals surface area contributed by atoms with Crippen molar-refractivity contribution in [3.8, 4) is 22.3 Å². The minimum atomic E-state index is -0.226. The summed E-state index contributed by atoms with van der Waals surface area (Å²) in [4.78, 5) is 0. The molecule has 0 saturated heterocycles. The molecule has 7 aromatic carbocycles. The lowest BCUT2D eigenvalue weighted by molar-refractivity contribution is 0.628. The van der Waals surface area contributed by atoms with E-state index in [1.807, 2.05) is 12.1 Å². The first-order valence-corrected chi connectivity index (χ1v) is 13.9. The van der Waals surface area contributed by atoms with Crippen molar-refractivity contribution in [2.24, 2.45) is 0 Å². The molecular formula is C40H27F. The lowest BCUT2D eigenvalue weighted by Crippen LogP contribution is -1.91. The molecule has 0 amide bonds. The van der Waals surface area contributed by atoms with Crippen molar-refractivity contribution in [2.75, 3.05) is 0 Å². The van der Waals surface area contributed by atoms with Crippen LogP contribution in [0.1, 0.15) is 16.7 Å². The van der Waals surface area contributed by atoms with E-state index in [1.165, 1.54) is 50.7 Å². The van der Waals surface area contributed by atoms with E-state index in [-0.39, 0.29) is 5.82 Å². The van der Waals surface area contributed by atoms with E-state index in [4.69, 9.17) is 0 Å². The van der Waals surface area contributed by atoms with Crippen LogP contribution in [0.4, 0.5) is 4.39 Å². The SMILES string of the molecule is Fc1ccc(-c2c3ccccc3c(-c3ccc(C=C(c4ccccc4)c4ccccc4)cc3)c3ccccc23)cc1. The van der Waals surface area contributed by atoms with Gasteiger partial charge in [0.2, 0.25) is 0 Å². The molecule has 0 aliphatic heterocycles. The van der Waals surface area contributed by atoms with Crippen molar-refractivity contribution in [3.05, 3.63) is 180 Å². The van der Waals surface area contributed by atoms with Gasteiger partial charge in [0, 0.05) is 0 Å². The van der Waals surface area contributed by atoms with Crippen LogP contribution in [-0.2, 0) is 0 Å². The molecule has 41 heavy (non-hydrogen) atoms. The van der Waals surface area contributed by atoms with E-state index in [9.17, 15) is 4.39 Å². The highest BCUT2D eigenvalue weighted by atomic mass is 19.1. The number of fused-ring (bicyclic) bond motifs is 2. The summed E-state index contributed by atoms with van der Waals surface area (Å²) in [6.07, 6.45) is 2.27. The van der Waals surface area contributed by atoms with Gasteiger partial charge in [-0.25, -0.2) is 4.39 Å². The van der Waals surface area contributed by atoms with Gasteiger partial charge in [-0.3, -0.25) is 0 Å². The molecule has 0 aliphatic carbocycles. The Morgan fingerprint density at radius 3 is 1.17 bits per heavy atom. The van der Waals surface area contributed by atoms with E-state index >= 15 is 0 Å². The Balaban J connectivity index is 1.40. The first-order chi connectivity index (χ1) is 20.3. The van der Waals surface area contributed by atoms with Gasteiger partial charge in [-0.15, -0.1) is 0 Å². The molecule has 0 nitrogen and oxygen atoms in total. The van der Waals surface area contributed by atoms with Crippen molar-refractivity contribution >= 4 is 33.2 Å². The molecule has 1 heteroatoms. The number of rotatable bonds is 5. The molecule has 194 valence electrons. The summed E-state index contributed by atoms with van der Waals surface area (Å²) in [5.74, 6) is -0.226. The summed E-state index contributed by atoms with van der Waals surface area (Å²) in [6, 6.07) is 53.9. The Morgan fingerprint density at radius 2 is 0.756 bits per heavy atom. The average molecular weight is 527 g/mol. The van der Waals surface area contributed by atoms with Crippen LogP contribution in [0, 0.1) is 5.82 Å². The summed E-state index contributed by atoms with van der Waals surface area (Å²) in [5, 5.41) is 4.69. The molecule has 7 aromatic rings. The lowest BCUT2D eigenvalue weighted by atomic mass is 9.86. The van der Waals surface area contributed by atoms with Gasteiger partial charge in [-0.05, 0) is 84.3 Å². The molecular weight excluding hydrogens is 499 g/mol. The monoisotopic (exact) mass is 526 g/mol. The topological polar surface area (TPSA) is 0 Å². The molecule has 0 fully saturated rings. The maximum atomic E-state index is 13.8. The molecule has 0 radical (unpaired) electrons. The third-order valence-corrected chi connectivity index (χ3v) is 7.74. The highest BCUT2D eigenvalue weighted by Gasteiger charge is 2.16. The molecule has 0 atom stereocenters. The first-order valence-electron chi connectivity index (χ1n) is 13.9. The second kappa shape index (κ2) is 10.7. The fraction of sp³-hybridized carbons (Fsp3) is 0. The first kappa shape index (κ1) is 24.7. The predicted molar refractivity (Wildman–Crippen MR) is 172 cm³/mol. The van der Waals surface area contributed by atoms with E-state index < -0.39 is 0 Å². The van der Waals surface area contributed by atoms with Crippen LogP contribution in [0.15, 0.2) is 158 Å². The number of hydrogen-bond donors (Lipinski definition) is 0. The van der Waals surface area contributed by atoms with Gasteiger partial charge in [-0.1, -0.05) is 146 Å². The van der Waals surface area contributed by atoms with Gasteiger partial charge >= 0.3 is 0 Å². The molecule has 0 heterocycles. The van der Waals surface area contributed by atoms with Gasteiger partial charge in [0.1, 0.15) is 5.82 Å². The van der Waals surface area contributed by atoms with E-state index in [2.05, 4.69) is 140 Å². The fourth-order valence-electron chi connectivity index (χ4n) is 5.85. The van der Waals surface area contributed by atoms with Crippen molar-refractivity contribution in [2.45, 2.75) is 0 Å². The Bertz CT molecular complexity index is 1900. The maximum absolute atomic E-state index is 13.8. The molecule has 0 aromatic heterocycles. The van der Waals surface area contributed by atoms with Gasteiger partial charge in [0.25, 0.3) is 0 Å². The lowest BCUT2D eigenvalue weighted by Gasteiger charge is -2.18. The van der Waals surface area contributed by atoms with Crippen LogP contribution in [-0.4, -0.2) is 0 Å². The van der Waals surface area contributed by atoms with Gasteiger partial charge in [0.05, 0.1) is 0 Å². The van der Waals surface area contributed by atoms with Crippen LogP contribution < -0.4 is 0 Å². The van der Waals surface area contributed by atoms with Crippen LogP contribution in [0.25, 0.3) is 55.4 Å². The second-order valence-corrected chi connectivity index (χ2v) is 10.3. The smallest absolute Gasteiger partial charge is 0.123 e. The largest absolute Gasteiger partial charge is 0.207 e. The molecule has 0 bridgehead atoms. The van der Waals surface area contributed by atoms with E-state index in [0.29, 0.717) is 0 Å². The standard InChI is InChI=1S/C40H27F/c41-33-25-23-32(24-26-33)40-36-17-9-7-15-34(36)39(35-16-8-10-18-37(35)40)31-21-19-28(20-22-31)27-38(29-11-3-1-4-12-29)30-13-5-2-6-14-30/h1-27H. The normalized spacial score (nSPS) is 11.0. The highest BCUT2D eigenvalue weighted by molar-refractivity contribution is 6.21. The quantitative estimate of drug-likeness (QED) is 0.155. The Hall–Kier alpha value is -5.27. The van der Waals surface area contributed by atoms with Crippen LogP contribution in [0.2, 0.25) is 0 Å². The van der Waals surface area contributed by atoms with Crippen molar-refractivity contribution in [1.29, 1.82) is 0 Å². The number of hydrogen-bond acceptors (Lipinski definition) is 0. The third-order valence-electron chi connectivity index (χ3n) is 7.74. The average Bonchev–Trinajstić information content (AvgIpc) is 3.04. The maximum Gasteiger partial charge on any atom is 0.123 e. The van der Waals surface area contributed by atoms with Crippen molar-refractivity contribution in [3.63, 3.8) is 0 Å². The van der Waals surface area contributed by atoms with Crippen LogP contribution in [0.3, 0.4) is 0 Å². The molecule has 0 unspecified atom stereocenters. The van der Waals surface area contributed by atoms with Gasteiger partial charge in [0.15, 0.2) is 0 Å². The molecule has 0 N–H and O–H groups in total. The Kier molecular flexibility index (Phi) is 6.47. The van der Waals surface area contributed by atoms with Gasteiger partial charge < -0.3 is 0 Å². The third kappa shape index (κ3) is 4.73. The summed E-state index contributed by atoms with van der Waals surface area (Å²) < 4.78 is 13.8. The van der Waals surface area contributed by atoms with Crippen molar-refractivity contribution in [1.82, 2.24) is 0 Å². The zero-order chi connectivity index (χ0) is 27.6. The number of halogens is 1. The Morgan fingerprint density at radius 1 is 0.390 bits per heavy atom. The molecule has 0 spiro atoms. The molecule has 0 aliphatic rings. The van der Waals surface area contributed by atoms with E-state index in [0.717, 1.165) is 27.5 Å². The zero-order valence-corrected chi connectivity index (χ0v) is 22.5. The fourth-order valence-corrected chi connectivity index (χ4v) is 5.85. The van der Waals surface area contributed by atoms with Crippen LogP contribution in [0.5, 0.6) is 0 Å². The molecule has 0 saturated carbocycles. The number of benzene rings is 7. The minimum Gasteiger partial charge on any atom is -0.207 e. The second-order valence-electron chi connectivity index (χ2n) is 10.3. The minimum absolute atomic E-state index is 0.226. The van der Waals surface area contributed by atoms with Gasteiger partial charge in [-0.2, -0.15) is 0 Å². The zero-order valence-electron chi connectivity index (χ0n) is 22.5. The summed E-state index contributed by atoms with van der Waals surface area (Å²) in [5.41, 5.74) is 9.25. The summed E-state index contributed by atoms with van der Waals surface area (Å²) >= 11 is 0.